The van der Waals surface area contributed by atoms with Gasteiger partial charge in [0.2, 0.25) is 5.43 Å². The first-order chi connectivity index (χ1) is 8.74. The number of aldehydes is 1. The predicted molar refractivity (Wildman–Crippen MR) is 75.3 cm³/mol. The maximum Gasteiger partial charge on any atom is 0.203 e. The van der Waals surface area contributed by atoms with Gasteiger partial charge in [-0.05, 0) is 19.1 Å². The first kappa shape index (κ1) is 16.1. The molecule has 1 aromatic carbocycles. The smallest absolute Gasteiger partial charge is 0.203 e. The van der Waals surface area contributed by atoms with Gasteiger partial charge in [0.15, 0.2) is 6.29 Å². The van der Waals surface area contributed by atoms with Crippen LogP contribution in [0.4, 0.5) is 0 Å². The summed E-state index contributed by atoms with van der Waals surface area (Å²) in [5.41, 5.74) is 0.351. The van der Waals surface area contributed by atoms with Crippen LogP contribution < -0.4 is 5.43 Å². The number of hydrogen-bond donors (Lipinski definition) is 0. The van der Waals surface area contributed by atoms with Crippen LogP contribution in [-0.4, -0.2) is 6.29 Å². The Morgan fingerprint density at radius 1 is 1.06 bits per heavy atom. The summed E-state index contributed by atoms with van der Waals surface area (Å²) in [6.07, 6.45) is 0.535. The zero-order valence-corrected chi connectivity index (χ0v) is 11.6. The van der Waals surface area contributed by atoms with E-state index in [0.29, 0.717) is 23.0 Å². The van der Waals surface area contributed by atoms with Gasteiger partial charge in [-0.3, -0.25) is 9.59 Å². The molecule has 3 nitrogen and oxygen atoms in total. The van der Waals surface area contributed by atoms with Crippen molar-refractivity contribution in [1.82, 2.24) is 0 Å². The van der Waals surface area contributed by atoms with E-state index in [2.05, 4.69) is 0 Å². The Morgan fingerprint density at radius 3 is 2.17 bits per heavy atom. The number of benzene rings is 1. The fourth-order valence-electron chi connectivity index (χ4n) is 1.40. The third-order valence-electron chi connectivity index (χ3n) is 2.14. The first-order valence-electron chi connectivity index (χ1n) is 6.21. The second kappa shape index (κ2) is 8.23. The zero-order chi connectivity index (χ0) is 14.1. The van der Waals surface area contributed by atoms with Crippen molar-refractivity contribution in [2.45, 2.75) is 34.6 Å². The van der Waals surface area contributed by atoms with Crippen molar-refractivity contribution in [3.8, 4) is 0 Å². The zero-order valence-electron chi connectivity index (χ0n) is 11.6. The molecule has 18 heavy (non-hydrogen) atoms. The van der Waals surface area contributed by atoms with Gasteiger partial charge in [0.25, 0.3) is 0 Å². The number of fused-ring (bicyclic) bond motifs is 1. The van der Waals surface area contributed by atoms with Gasteiger partial charge in [0, 0.05) is 0 Å². The molecule has 1 heterocycles. The fraction of sp³-hybridized carbons (Fsp3) is 0.333. The molecule has 0 atom stereocenters. The summed E-state index contributed by atoms with van der Waals surface area (Å²) in [7, 11) is 0. The van der Waals surface area contributed by atoms with Crippen LogP contribution in [-0.2, 0) is 0 Å². The van der Waals surface area contributed by atoms with Crippen LogP contribution in [0.1, 0.15) is 43.8 Å². The molecule has 0 aliphatic heterocycles. The highest BCUT2D eigenvalue weighted by atomic mass is 16.3. The summed E-state index contributed by atoms with van der Waals surface area (Å²) in [6.45, 7) is 9.61. The molecule has 98 valence electrons. The molecule has 0 aliphatic rings. The van der Waals surface area contributed by atoms with Crippen molar-refractivity contribution in [1.29, 1.82) is 0 Å². The number of carbonyl (C=O) groups excluding carboxylic acids is 1. The fourth-order valence-corrected chi connectivity index (χ4v) is 1.40. The lowest BCUT2D eigenvalue weighted by Crippen LogP contribution is -2.10. The Balaban J connectivity index is 0.000000659. The molecule has 0 amide bonds. The monoisotopic (exact) mass is 248 g/mol. The average Bonchev–Trinajstić information content (AvgIpc) is 2.44. The van der Waals surface area contributed by atoms with E-state index >= 15 is 0 Å². The highest BCUT2D eigenvalue weighted by Gasteiger charge is 2.09. The van der Waals surface area contributed by atoms with Crippen molar-refractivity contribution in [2.24, 2.45) is 0 Å². The molecule has 0 radical (unpaired) electrons. The van der Waals surface area contributed by atoms with Gasteiger partial charge in [-0.15, -0.1) is 0 Å². The number of para-hydroxylation sites is 1. The Bertz CT molecular complexity index is 553. The van der Waals surface area contributed by atoms with Gasteiger partial charge >= 0.3 is 0 Å². The van der Waals surface area contributed by atoms with Crippen LogP contribution in [0.25, 0.3) is 11.0 Å². The van der Waals surface area contributed by atoms with Crippen molar-refractivity contribution >= 4 is 17.3 Å². The van der Waals surface area contributed by atoms with Crippen LogP contribution >= 0.6 is 0 Å². The molecule has 0 saturated carbocycles. The van der Waals surface area contributed by atoms with E-state index in [9.17, 15) is 9.59 Å². The Kier molecular flexibility index (Phi) is 7.36. The van der Waals surface area contributed by atoms with Gasteiger partial charge in [-0.1, -0.05) is 39.8 Å². The van der Waals surface area contributed by atoms with Gasteiger partial charge in [-0.25, -0.2) is 0 Å². The van der Waals surface area contributed by atoms with Gasteiger partial charge < -0.3 is 4.42 Å². The maximum atomic E-state index is 11.7. The quantitative estimate of drug-likeness (QED) is 0.717. The molecular weight excluding hydrogens is 228 g/mol. The van der Waals surface area contributed by atoms with E-state index < -0.39 is 0 Å². The van der Waals surface area contributed by atoms with Crippen LogP contribution in [0.2, 0.25) is 0 Å². The number of hydrogen-bond acceptors (Lipinski definition) is 3. The summed E-state index contributed by atoms with van der Waals surface area (Å²) in [5, 5.41) is 0.445. The number of aryl methyl sites for hydroxylation is 1. The number of carbonyl (C=O) groups is 1. The average molecular weight is 248 g/mol. The SMILES string of the molecule is CC.CC.Cc1oc2ccccc2c(=O)c1C=O. The molecule has 0 fully saturated rings. The minimum Gasteiger partial charge on any atom is -0.460 e. The minimum absolute atomic E-state index is 0.101. The first-order valence-corrected chi connectivity index (χ1v) is 6.21. The molecule has 0 saturated heterocycles. The van der Waals surface area contributed by atoms with Crippen LogP contribution in [0.5, 0.6) is 0 Å². The largest absolute Gasteiger partial charge is 0.460 e. The van der Waals surface area contributed by atoms with Crippen LogP contribution in [0, 0.1) is 6.92 Å². The molecule has 0 aliphatic carbocycles. The molecule has 2 aromatic rings. The summed E-state index contributed by atoms with van der Waals surface area (Å²) in [4.78, 5) is 22.3. The summed E-state index contributed by atoms with van der Waals surface area (Å²) in [5.74, 6) is 0.365. The van der Waals surface area contributed by atoms with E-state index in [0.717, 1.165) is 0 Å². The Labute approximate surface area is 107 Å². The highest BCUT2D eigenvalue weighted by Crippen LogP contribution is 2.13. The maximum absolute atomic E-state index is 11.7. The lowest BCUT2D eigenvalue weighted by molar-refractivity contribution is 0.112. The predicted octanol–water partition coefficient (Wildman–Crippen LogP) is 3.97. The highest BCUT2D eigenvalue weighted by molar-refractivity contribution is 5.85. The van der Waals surface area contributed by atoms with E-state index in [-0.39, 0.29) is 11.0 Å². The topological polar surface area (TPSA) is 47.3 Å². The lowest BCUT2D eigenvalue weighted by atomic mass is 10.1. The summed E-state index contributed by atoms with van der Waals surface area (Å²) in [6, 6.07) is 6.88. The van der Waals surface area contributed by atoms with E-state index in [1.54, 1.807) is 31.2 Å². The normalized spacial score (nSPS) is 8.72. The van der Waals surface area contributed by atoms with Crippen molar-refractivity contribution < 1.29 is 9.21 Å². The second-order valence-electron chi connectivity index (χ2n) is 3.02. The second-order valence-corrected chi connectivity index (χ2v) is 3.02. The Morgan fingerprint density at radius 2 is 1.61 bits per heavy atom. The molecule has 0 bridgehead atoms. The summed E-state index contributed by atoms with van der Waals surface area (Å²) >= 11 is 0. The standard InChI is InChI=1S/C11H8O3.2C2H6/c1-7-9(6-12)11(13)8-4-2-3-5-10(8)14-7;2*1-2/h2-6H,1H3;2*1-2H3. The molecular formula is C15H20O3. The molecule has 0 N–H and O–H groups in total. The van der Waals surface area contributed by atoms with Gasteiger partial charge in [0.05, 0.1) is 5.39 Å². The van der Waals surface area contributed by atoms with E-state index in [1.165, 1.54) is 0 Å². The van der Waals surface area contributed by atoms with E-state index in [1.807, 2.05) is 27.7 Å². The number of rotatable bonds is 1. The van der Waals surface area contributed by atoms with Gasteiger partial charge in [-0.2, -0.15) is 0 Å². The van der Waals surface area contributed by atoms with Crippen molar-refractivity contribution in [2.75, 3.05) is 0 Å². The molecule has 0 unspecified atom stereocenters. The van der Waals surface area contributed by atoms with Crippen LogP contribution in [0.3, 0.4) is 0 Å². The third-order valence-corrected chi connectivity index (χ3v) is 2.14. The molecule has 2 rings (SSSR count). The van der Waals surface area contributed by atoms with Crippen molar-refractivity contribution in [3.63, 3.8) is 0 Å². The molecule has 3 heteroatoms. The summed E-state index contributed by atoms with van der Waals surface area (Å²) < 4.78 is 5.33. The molecule has 1 aromatic heterocycles. The molecule has 0 spiro atoms. The third kappa shape index (κ3) is 3.29. The lowest BCUT2D eigenvalue weighted by Gasteiger charge is -2.00. The van der Waals surface area contributed by atoms with E-state index in [4.69, 9.17) is 4.42 Å². The van der Waals surface area contributed by atoms with Gasteiger partial charge in [0.1, 0.15) is 16.9 Å². The van der Waals surface area contributed by atoms with Crippen molar-refractivity contribution in [3.05, 3.63) is 45.8 Å². The Hall–Kier alpha value is -1.90. The van der Waals surface area contributed by atoms with Crippen LogP contribution in [0.15, 0.2) is 33.5 Å². The minimum atomic E-state index is -0.264.